The Labute approximate surface area is 190 Å². The van der Waals surface area contributed by atoms with Gasteiger partial charge in [0.25, 0.3) is 5.91 Å². The van der Waals surface area contributed by atoms with Crippen LogP contribution in [0, 0.1) is 0 Å². The van der Waals surface area contributed by atoms with E-state index in [0.717, 1.165) is 10.0 Å². The highest BCUT2D eigenvalue weighted by Gasteiger charge is 2.19. The molecule has 2 aromatic carbocycles. The highest BCUT2D eigenvalue weighted by molar-refractivity contribution is 9.10. The Morgan fingerprint density at radius 1 is 1.17 bits per heavy atom. The minimum Gasteiger partial charge on any atom is -0.490 e. The molecule has 6 nitrogen and oxygen atoms in total. The van der Waals surface area contributed by atoms with Crippen LogP contribution < -0.4 is 15.8 Å². The number of nitrogens with two attached hydrogens (primary N) is 1. The van der Waals surface area contributed by atoms with Crippen LogP contribution in [-0.4, -0.2) is 41.0 Å². The Balaban J connectivity index is 2.12. The predicted molar refractivity (Wildman–Crippen MR) is 126 cm³/mol. The Hall–Kier alpha value is -2.45. The molecule has 0 radical (unpaired) electrons. The fraction of sp³-hybridized carbons (Fsp3) is 0.318. The van der Waals surface area contributed by atoms with Gasteiger partial charge in [-0.25, -0.2) is 0 Å². The molecule has 3 N–H and O–H groups in total. The number of primary amides is 1. The number of benzene rings is 2. The summed E-state index contributed by atoms with van der Waals surface area (Å²) in [6.45, 7) is 4.66. The molecule has 0 fully saturated rings. The maximum atomic E-state index is 12.9. The number of hydrogen-bond donors (Lipinski definition) is 2. The van der Waals surface area contributed by atoms with Crippen LogP contribution in [0.5, 0.6) is 5.75 Å². The van der Waals surface area contributed by atoms with Gasteiger partial charge in [-0.1, -0.05) is 46.3 Å². The monoisotopic (exact) mass is 491 g/mol. The fourth-order valence-corrected chi connectivity index (χ4v) is 3.39. The van der Waals surface area contributed by atoms with Gasteiger partial charge in [-0.15, -0.1) is 0 Å². The third-order valence-corrected chi connectivity index (χ3v) is 5.05. The van der Waals surface area contributed by atoms with Crippen molar-refractivity contribution in [3.63, 3.8) is 0 Å². The number of amides is 2. The van der Waals surface area contributed by atoms with Crippen molar-refractivity contribution in [2.45, 2.75) is 32.8 Å². The maximum absolute atomic E-state index is 12.9. The molecule has 0 heterocycles. The van der Waals surface area contributed by atoms with Crippen molar-refractivity contribution >= 4 is 45.1 Å². The van der Waals surface area contributed by atoms with Crippen LogP contribution in [0.1, 0.15) is 36.2 Å². The number of ether oxygens (including phenoxy) is 1. The predicted octanol–water partition coefficient (Wildman–Crippen LogP) is 3.67. The van der Waals surface area contributed by atoms with Crippen molar-refractivity contribution in [1.29, 1.82) is 0 Å². The summed E-state index contributed by atoms with van der Waals surface area (Å²) in [6, 6.07) is 15.2. The minimum atomic E-state index is -0.423. The van der Waals surface area contributed by atoms with E-state index in [2.05, 4.69) is 21.2 Å². The lowest BCUT2D eigenvalue weighted by Crippen LogP contribution is -2.44. The molecular formula is C22H26BrN3O3S. The van der Waals surface area contributed by atoms with E-state index in [1.807, 2.05) is 50.2 Å². The fourth-order valence-electron chi connectivity index (χ4n) is 2.75. The van der Waals surface area contributed by atoms with Gasteiger partial charge in [-0.3, -0.25) is 14.9 Å². The Morgan fingerprint density at radius 2 is 1.87 bits per heavy atom. The molecule has 8 heteroatoms. The summed E-state index contributed by atoms with van der Waals surface area (Å²) in [4.78, 5) is 26.0. The number of hydrogen-bond acceptors (Lipinski definition) is 4. The molecule has 0 aliphatic carbocycles. The van der Waals surface area contributed by atoms with Crippen molar-refractivity contribution < 1.29 is 14.3 Å². The molecule has 2 aromatic rings. The van der Waals surface area contributed by atoms with Crippen LogP contribution in [0.4, 0.5) is 0 Å². The van der Waals surface area contributed by atoms with Crippen LogP contribution in [0.3, 0.4) is 0 Å². The second-order valence-electron chi connectivity index (χ2n) is 7.01. The molecule has 0 atom stereocenters. The van der Waals surface area contributed by atoms with E-state index in [1.165, 1.54) is 0 Å². The van der Waals surface area contributed by atoms with Gasteiger partial charge in [0.15, 0.2) is 5.11 Å². The van der Waals surface area contributed by atoms with Gasteiger partial charge in [0.1, 0.15) is 5.75 Å². The van der Waals surface area contributed by atoms with Crippen molar-refractivity contribution in [2.24, 2.45) is 5.73 Å². The third-order valence-electron chi connectivity index (χ3n) is 4.20. The van der Waals surface area contributed by atoms with E-state index in [9.17, 15) is 9.59 Å². The molecule has 0 saturated heterocycles. The van der Waals surface area contributed by atoms with E-state index in [0.29, 0.717) is 30.8 Å². The average Bonchev–Trinajstić information content (AvgIpc) is 2.69. The van der Waals surface area contributed by atoms with Gasteiger partial charge in [0.05, 0.1) is 11.7 Å². The summed E-state index contributed by atoms with van der Waals surface area (Å²) >= 11 is 8.86. The van der Waals surface area contributed by atoms with Crippen molar-refractivity contribution in [1.82, 2.24) is 10.2 Å². The first-order chi connectivity index (χ1) is 14.3. The SMILES string of the molecule is CC(C)Oc1ccc(Br)cc1C(=O)NC(=S)N(CCC(N)=O)CCc1ccccc1. The molecule has 2 rings (SSSR count). The van der Waals surface area contributed by atoms with Crippen LogP contribution in [-0.2, 0) is 11.2 Å². The summed E-state index contributed by atoms with van der Waals surface area (Å²) in [5.74, 6) is -0.323. The van der Waals surface area contributed by atoms with Gasteiger partial charge >= 0.3 is 0 Å². The molecule has 0 unspecified atom stereocenters. The van der Waals surface area contributed by atoms with Gasteiger partial charge < -0.3 is 15.4 Å². The van der Waals surface area contributed by atoms with Gasteiger partial charge in [0, 0.05) is 24.0 Å². The summed E-state index contributed by atoms with van der Waals surface area (Å²) in [6.07, 6.45) is 0.778. The summed E-state index contributed by atoms with van der Waals surface area (Å²) in [5, 5.41) is 3.01. The van der Waals surface area contributed by atoms with E-state index in [4.69, 9.17) is 22.7 Å². The zero-order valence-corrected chi connectivity index (χ0v) is 19.5. The number of nitrogens with zero attached hydrogens (tertiary/aromatic N) is 1. The van der Waals surface area contributed by atoms with E-state index in [-0.39, 0.29) is 23.5 Å². The number of carbonyl (C=O) groups excluding carboxylic acids is 2. The normalized spacial score (nSPS) is 10.5. The third kappa shape index (κ3) is 7.76. The summed E-state index contributed by atoms with van der Waals surface area (Å²) < 4.78 is 6.50. The molecule has 30 heavy (non-hydrogen) atoms. The number of nitrogens with one attached hydrogen (secondary N) is 1. The maximum Gasteiger partial charge on any atom is 0.261 e. The molecule has 0 aromatic heterocycles. The number of thiocarbonyl (C=S) groups is 1. The lowest BCUT2D eigenvalue weighted by atomic mass is 10.1. The zero-order chi connectivity index (χ0) is 22.1. The van der Waals surface area contributed by atoms with E-state index >= 15 is 0 Å². The van der Waals surface area contributed by atoms with Crippen molar-refractivity contribution in [3.8, 4) is 5.75 Å². The standard InChI is InChI=1S/C22H26BrN3O3S/c1-15(2)29-19-9-8-17(23)14-18(19)21(28)25-22(30)26(13-11-20(24)27)12-10-16-6-4-3-5-7-16/h3-9,14-15H,10-13H2,1-2H3,(H2,24,27)(H,25,28,30). The van der Waals surface area contributed by atoms with Gasteiger partial charge in [-0.05, 0) is 56.2 Å². The van der Waals surface area contributed by atoms with E-state index in [1.54, 1.807) is 17.0 Å². The van der Waals surface area contributed by atoms with Crippen molar-refractivity contribution in [3.05, 3.63) is 64.1 Å². The highest BCUT2D eigenvalue weighted by Crippen LogP contribution is 2.24. The molecule has 0 saturated carbocycles. The Kier molecular flexibility index (Phi) is 9.26. The first-order valence-electron chi connectivity index (χ1n) is 9.65. The largest absolute Gasteiger partial charge is 0.490 e. The quantitative estimate of drug-likeness (QED) is 0.522. The lowest BCUT2D eigenvalue weighted by molar-refractivity contribution is -0.118. The Bertz CT molecular complexity index is 890. The van der Waals surface area contributed by atoms with Crippen LogP contribution >= 0.6 is 28.1 Å². The molecule has 0 aliphatic heterocycles. The van der Waals surface area contributed by atoms with Gasteiger partial charge in [-0.2, -0.15) is 0 Å². The lowest BCUT2D eigenvalue weighted by Gasteiger charge is -2.25. The number of halogens is 1. The number of carbonyl (C=O) groups is 2. The second kappa shape index (κ2) is 11.7. The molecular weight excluding hydrogens is 466 g/mol. The molecule has 2 amide bonds. The van der Waals surface area contributed by atoms with Crippen molar-refractivity contribution in [2.75, 3.05) is 13.1 Å². The first-order valence-corrected chi connectivity index (χ1v) is 10.8. The molecule has 160 valence electrons. The molecule has 0 aliphatic rings. The second-order valence-corrected chi connectivity index (χ2v) is 8.31. The van der Waals surface area contributed by atoms with E-state index < -0.39 is 5.91 Å². The van der Waals surface area contributed by atoms with Gasteiger partial charge in [0.2, 0.25) is 5.91 Å². The first kappa shape index (κ1) is 23.8. The molecule has 0 bridgehead atoms. The highest BCUT2D eigenvalue weighted by atomic mass is 79.9. The smallest absolute Gasteiger partial charge is 0.261 e. The van der Waals surface area contributed by atoms with Crippen LogP contribution in [0.25, 0.3) is 0 Å². The molecule has 0 spiro atoms. The number of rotatable bonds is 9. The minimum absolute atomic E-state index is 0.0809. The Morgan fingerprint density at radius 3 is 2.50 bits per heavy atom. The van der Waals surface area contributed by atoms with Crippen LogP contribution in [0.15, 0.2) is 53.0 Å². The zero-order valence-electron chi connectivity index (χ0n) is 17.1. The van der Waals surface area contributed by atoms with Crippen LogP contribution in [0.2, 0.25) is 0 Å². The average molecular weight is 492 g/mol. The summed E-state index contributed by atoms with van der Waals surface area (Å²) in [7, 11) is 0. The summed E-state index contributed by atoms with van der Waals surface area (Å²) in [5.41, 5.74) is 6.81. The topological polar surface area (TPSA) is 84.7 Å².